The summed E-state index contributed by atoms with van der Waals surface area (Å²) in [5.74, 6) is 2.38. The van der Waals surface area contributed by atoms with Crippen molar-refractivity contribution in [1.29, 1.82) is 0 Å². The molecular weight excluding hydrogens is 364 g/mol. The third-order valence-corrected chi connectivity index (χ3v) is 6.84. The van der Waals surface area contributed by atoms with Gasteiger partial charge < -0.3 is 19.6 Å². The van der Waals surface area contributed by atoms with E-state index in [0.717, 1.165) is 50.5 Å². The molecule has 1 atom stereocenters. The second-order valence-corrected chi connectivity index (χ2v) is 9.20. The fourth-order valence-corrected chi connectivity index (χ4v) is 4.87. The number of hydrogen-bond acceptors (Lipinski definition) is 6. The first-order valence-electron chi connectivity index (χ1n) is 11.3. The fourth-order valence-electron chi connectivity index (χ4n) is 4.87. The van der Waals surface area contributed by atoms with Crippen LogP contribution in [0.5, 0.6) is 0 Å². The molecule has 0 bridgehead atoms. The van der Waals surface area contributed by atoms with E-state index in [1.807, 2.05) is 30.9 Å². The SMILES string of the molecule is CN(C)c1cc(N(C2CC2)C2CCN(CC3CCCCC(=O)N3C)CC2)ncn1. The van der Waals surface area contributed by atoms with E-state index in [2.05, 4.69) is 25.8 Å². The number of rotatable bonds is 6. The first-order chi connectivity index (χ1) is 14.0. The number of carbonyl (C=O) groups excluding carboxylic acids is 1. The zero-order valence-corrected chi connectivity index (χ0v) is 18.3. The molecule has 0 spiro atoms. The number of piperidine rings is 1. The molecule has 1 aromatic rings. The molecule has 7 heteroatoms. The summed E-state index contributed by atoms with van der Waals surface area (Å²) in [5, 5.41) is 0. The van der Waals surface area contributed by atoms with Gasteiger partial charge in [-0.3, -0.25) is 4.79 Å². The van der Waals surface area contributed by atoms with E-state index in [-0.39, 0.29) is 0 Å². The third-order valence-electron chi connectivity index (χ3n) is 6.84. The average Bonchev–Trinajstić information content (AvgIpc) is 3.56. The minimum Gasteiger partial charge on any atom is -0.363 e. The molecule has 2 saturated heterocycles. The van der Waals surface area contributed by atoms with Gasteiger partial charge in [-0.1, -0.05) is 6.42 Å². The Morgan fingerprint density at radius 3 is 2.38 bits per heavy atom. The number of likely N-dealkylation sites (N-methyl/N-ethyl adjacent to an activating group) is 1. The van der Waals surface area contributed by atoms with Crippen molar-refractivity contribution in [2.45, 2.75) is 69.5 Å². The van der Waals surface area contributed by atoms with Crippen LogP contribution >= 0.6 is 0 Å². The van der Waals surface area contributed by atoms with Crippen LogP contribution < -0.4 is 9.80 Å². The molecule has 4 rings (SSSR count). The van der Waals surface area contributed by atoms with E-state index < -0.39 is 0 Å². The largest absolute Gasteiger partial charge is 0.363 e. The molecule has 7 nitrogen and oxygen atoms in total. The molecular formula is C22H36N6O. The number of aromatic nitrogens is 2. The van der Waals surface area contributed by atoms with Crippen LogP contribution in [0.15, 0.2) is 12.4 Å². The monoisotopic (exact) mass is 400 g/mol. The molecule has 29 heavy (non-hydrogen) atoms. The molecule has 1 aliphatic carbocycles. The van der Waals surface area contributed by atoms with Gasteiger partial charge in [0.2, 0.25) is 5.91 Å². The molecule has 2 aliphatic heterocycles. The Hall–Kier alpha value is -1.89. The van der Waals surface area contributed by atoms with Gasteiger partial charge in [-0.2, -0.15) is 0 Å². The highest BCUT2D eigenvalue weighted by Gasteiger charge is 2.37. The van der Waals surface area contributed by atoms with Crippen LogP contribution in [-0.2, 0) is 4.79 Å². The van der Waals surface area contributed by atoms with Crippen molar-refractivity contribution in [2.75, 3.05) is 50.6 Å². The van der Waals surface area contributed by atoms with Crippen LogP contribution in [-0.4, -0.2) is 84.6 Å². The normalized spacial score (nSPS) is 24.4. The van der Waals surface area contributed by atoms with E-state index in [1.54, 1.807) is 6.33 Å². The van der Waals surface area contributed by atoms with Gasteiger partial charge >= 0.3 is 0 Å². The molecule has 0 radical (unpaired) electrons. The predicted molar refractivity (Wildman–Crippen MR) is 116 cm³/mol. The lowest BCUT2D eigenvalue weighted by atomic mass is 10.0. The minimum absolute atomic E-state index is 0.322. The molecule has 1 unspecified atom stereocenters. The number of hydrogen-bond donors (Lipinski definition) is 0. The van der Waals surface area contributed by atoms with Gasteiger partial charge in [0.25, 0.3) is 0 Å². The van der Waals surface area contributed by atoms with Gasteiger partial charge in [0.1, 0.15) is 18.0 Å². The summed E-state index contributed by atoms with van der Waals surface area (Å²) in [4.78, 5) is 30.4. The van der Waals surface area contributed by atoms with E-state index in [9.17, 15) is 4.79 Å². The highest BCUT2D eigenvalue weighted by Crippen LogP contribution is 2.36. The molecule has 3 heterocycles. The van der Waals surface area contributed by atoms with E-state index in [4.69, 9.17) is 0 Å². The maximum Gasteiger partial charge on any atom is 0.222 e. The lowest BCUT2D eigenvalue weighted by molar-refractivity contribution is -0.131. The minimum atomic E-state index is 0.322. The van der Waals surface area contributed by atoms with Crippen LogP contribution in [0.1, 0.15) is 51.4 Å². The van der Waals surface area contributed by atoms with Crippen molar-refractivity contribution in [3.8, 4) is 0 Å². The summed E-state index contributed by atoms with van der Waals surface area (Å²) in [7, 11) is 6.06. The summed E-state index contributed by atoms with van der Waals surface area (Å²) in [6.07, 6.45) is 10.7. The highest BCUT2D eigenvalue weighted by molar-refractivity contribution is 5.76. The summed E-state index contributed by atoms with van der Waals surface area (Å²) in [6, 6.07) is 3.71. The third kappa shape index (κ3) is 4.82. The molecule has 3 aliphatic rings. The second-order valence-electron chi connectivity index (χ2n) is 9.20. The Bertz CT molecular complexity index is 698. The van der Waals surface area contributed by atoms with Gasteiger partial charge in [-0.25, -0.2) is 9.97 Å². The molecule has 160 valence electrons. The van der Waals surface area contributed by atoms with Gasteiger partial charge in [0.05, 0.1) is 0 Å². The topological polar surface area (TPSA) is 55.8 Å². The van der Waals surface area contributed by atoms with Gasteiger partial charge in [-0.15, -0.1) is 0 Å². The number of nitrogens with zero attached hydrogens (tertiary/aromatic N) is 6. The van der Waals surface area contributed by atoms with Crippen molar-refractivity contribution >= 4 is 17.5 Å². The predicted octanol–water partition coefficient (Wildman–Crippen LogP) is 2.38. The molecule has 3 fully saturated rings. The lowest BCUT2D eigenvalue weighted by Crippen LogP contribution is -2.50. The summed E-state index contributed by atoms with van der Waals surface area (Å²) in [6.45, 7) is 3.24. The maximum atomic E-state index is 12.2. The highest BCUT2D eigenvalue weighted by atomic mass is 16.2. The van der Waals surface area contributed by atoms with Crippen LogP contribution in [0, 0.1) is 0 Å². The second kappa shape index (κ2) is 8.86. The molecule has 1 aromatic heterocycles. The van der Waals surface area contributed by atoms with Crippen molar-refractivity contribution in [3.63, 3.8) is 0 Å². The first-order valence-corrected chi connectivity index (χ1v) is 11.3. The lowest BCUT2D eigenvalue weighted by Gasteiger charge is -2.41. The van der Waals surface area contributed by atoms with Crippen molar-refractivity contribution < 1.29 is 4.79 Å². The van der Waals surface area contributed by atoms with E-state index in [0.29, 0.717) is 24.0 Å². The standard InChI is InChI=1S/C22H36N6O/c1-25(2)20-14-21(24-16-23-20)28(17-8-9-17)18-10-12-27(13-11-18)15-19-6-4-5-7-22(29)26(19)3/h14,16-19H,4-13,15H2,1-3H3. The quantitative estimate of drug-likeness (QED) is 0.731. The molecule has 1 saturated carbocycles. The van der Waals surface area contributed by atoms with Gasteiger partial charge in [0.15, 0.2) is 0 Å². The molecule has 0 aromatic carbocycles. The van der Waals surface area contributed by atoms with Crippen LogP contribution in [0.25, 0.3) is 0 Å². The van der Waals surface area contributed by atoms with Crippen LogP contribution in [0.4, 0.5) is 11.6 Å². The maximum absolute atomic E-state index is 12.2. The Morgan fingerprint density at radius 2 is 1.69 bits per heavy atom. The summed E-state index contributed by atoms with van der Waals surface area (Å²) < 4.78 is 0. The average molecular weight is 401 g/mol. The van der Waals surface area contributed by atoms with E-state index >= 15 is 0 Å². The Morgan fingerprint density at radius 1 is 1.00 bits per heavy atom. The number of amides is 1. The summed E-state index contributed by atoms with van der Waals surface area (Å²) >= 11 is 0. The Kier molecular flexibility index (Phi) is 6.23. The first kappa shape index (κ1) is 20.4. The van der Waals surface area contributed by atoms with Crippen molar-refractivity contribution in [3.05, 3.63) is 12.4 Å². The fraction of sp³-hybridized carbons (Fsp3) is 0.773. The number of carbonyl (C=O) groups is 1. The summed E-state index contributed by atoms with van der Waals surface area (Å²) in [5.41, 5.74) is 0. The Labute approximate surface area is 175 Å². The zero-order valence-electron chi connectivity index (χ0n) is 18.3. The van der Waals surface area contributed by atoms with E-state index in [1.165, 1.54) is 32.1 Å². The smallest absolute Gasteiger partial charge is 0.222 e. The zero-order chi connectivity index (χ0) is 20.4. The van der Waals surface area contributed by atoms with Crippen molar-refractivity contribution in [2.24, 2.45) is 0 Å². The molecule has 0 N–H and O–H groups in total. The number of likely N-dealkylation sites (tertiary alicyclic amines) is 2. The molecule has 1 amide bonds. The van der Waals surface area contributed by atoms with Gasteiger partial charge in [-0.05, 0) is 38.5 Å². The Balaban J connectivity index is 1.37. The van der Waals surface area contributed by atoms with Crippen molar-refractivity contribution in [1.82, 2.24) is 19.8 Å². The van der Waals surface area contributed by atoms with Gasteiger partial charge in [0, 0.05) is 71.4 Å². The number of anilines is 2. The van der Waals surface area contributed by atoms with Crippen LogP contribution in [0.2, 0.25) is 0 Å². The van der Waals surface area contributed by atoms with Crippen LogP contribution in [0.3, 0.4) is 0 Å².